The number of thiazole rings is 1. The second kappa shape index (κ2) is 6.47. The Kier molecular flexibility index (Phi) is 4.95. The van der Waals surface area contributed by atoms with Gasteiger partial charge >= 0.3 is 0 Å². The van der Waals surface area contributed by atoms with Crippen molar-refractivity contribution in [1.29, 1.82) is 0 Å². The fraction of sp³-hybridized carbons (Fsp3) is 0.769. The van der Waals surface area contributed by atoms with E-state index in [2.05, 4.69) is 24.1 Å². The molecule has 1 aromatic heterocycles. The van der Waals surface area contributed by atoms with E-state index in [-0.39, 0.29) is 0 Å². The highest BCUT2D eigenvalue weighted by atomic mass is 32.1. The Labute approximate surface area is 108 Å². The van der Waals surface area contributed by atoms with Gasteiger partial charge in [-0.2, -0.15) is 0 Å². The second-order valence-electron chi connectivity index (χ2n) is 4.63. The fourth-order valence-electron chi connectivity index (χ4n) is 2.12. The minimum absolute atomic E-state index is 0.414. The van der Waals surface area contributed by atoms with Gasteiger partial charge in [-0.05, 0) is 32.7 Å². The zero-order valence-corrected chi connectivity index (χ0v) is 11.6. The largest absolute Gasteiger partial charge is 0.378 e. The lowest BCUT2D eigenvalue weighted by molar-refractivity contribution is 0.111. The Morgan fingerprint density at radius 2 is 2.41 bits per heavy atom. The molecule has 0 radical (unpaired) electrons. The van der Waals surface area contributed by atoms with Gasteiger partial charge in [0.25, 0.3) is 0 Å². The predicted octanol–water partition coefficient (Wildman–Crippen LogP) is 2.67. The van der Waals surface area contributed by atoms with Crippen molar-refractivity contribution in [1.82, 2.24) is 10.3 Å². The van der Waals surface area contributed by atoms with E-state index in [1.54, 1.807) is 0 Å². The first-order valence-corrected chi connectivity index (χ1v) is 7.38. The van der Waals surface area contributed by atoms with Gasteiger partial charge in [-0.25, -0.2) is 4.98 Å². The van der Waals surface area contributed by atoms with Gasteiger partial charge in [-0.15, -0.1) is 11.3 Å². The van der Waals surface area contributed by atoms with Crippen LogP contribution in [0.3, 0.4) is 0 Å². The van der Waals surface area contributed by atoms with Crippen LogP contribution >= 0.6 is 11.3 Å². The van der Waals surface area contributed by atoms with Crippen LogP contribution in [-0.2, 0) is 17.7 Å². The Bertz CT molecular complexity index is 345. The van der Waals surface area contributed by atoms with E-state index in [9.17, 15) is 0 Å². The fourth-order valence-corrected chi connectivity index (χ4v) is 3.22. The zero-order valence-electron chi connectivity index (χ0n) is 10.8. The predicted molar refractivity (Wildman–Crippen MR) is 71.5 cm³/mol. The summed E-state index contributed by atoms with van der Waals surface area (Å²) in [6, 6.07) is 0. The molecule has 2 rings (SSSR count). The molecule has 1 N–H and O–H groups in total. The lowest BCUT2D eigenvalue weighted by Crippen LogP contribution is -2.13. The molecule has 0 bridgehead atoms. The highest BCUT2D eigenvalue weighted by molar-refractivity contribution is 7.11. The van der Waals surface area contributed by atoms with Crippen molar-refractivity contribution in [3.8, 4) is 0 Å². The molecule has 96 valence electrons. The van der Waals surface area contributed by atoms with Crippen molar-refractivity contribution in [3.05, 3.63) is 15.6 Å². The minimum Gasteiger partial charge on any atom is -0.378 e. The molecule has 0 aromatic carbocycles. The third-order valence-electron chi connectivity index (χ3n) is 3.08. The topological polar surface area (TPSA) is 34.1 Å². The molecule has 1 saturated heterocycles. The molecule has 1 atom stereocenters. The zero-order chi connectivity index (χ0) is 12.1. The Hall–Kier alpha value is -0.450. The molecule has 0 saturated carbocycles. The van der Waals surface area contributed by atoms with Gasteiger partial charge in [0.2, 0.25) is 0 Å². The van der Waals surface area contributed by atoms with E-state index >= 15 is 0 Å². The summed E-state index contributed by atoms with van der Waals surface area (Å²) in [7, 11) is 0. The molecule has 17 heavy (non-hydrogen) atoms. The maximum absolute atomic E-state index is 5.66. The first-order chi connectivity index (χ1) is 8.29. The smallest absolute Gasteiger partial charge is 0.0957 e. The summed E-state index contributed by atoms with van der Waals surface area (Å²) in [4.78, 5) is 6.03. The van der Waals surface area contributed by atoms with Crippen molar-refractivity contribution in [3.63, 3.8) is 0 Å². The van der Waals surface area contributed by atoms with Gasteiger partial charge in [0.15, 0.2) is 0 Å². The maximum Gasteiger partial charge on any atom is 0.0957 e. The highest BCUT2D eigenvalue weighted by Gasteiger charge is 2.18. The molecule has 3 nitrogen and oxygen atoms in total. The molecule has 0 spiro atoms. The van der Waals surface area contributed by atoms with Crippen LogP contribution in [-0.4, -0.2) is 24.2 Å². The van der Waals surface area contributed by atoms with Crippen LogP contribution < -0.4 is 5.32 Å². The summed E-state index contributed by atoms with van der Waals surface area (Å²) in [5.74, 6) is 0. The third-order valence-corrected chi connectivity index (χ3v) is 4.26. The number of hydrogen-bond acceptors (Lipinski definition) is 4. The quantitative estimate of drug-likeness (QED) is 0.793. The summed E-state index contributed by atoms with van der Waals surface area (Å²) in [5, 5.41) is 4.68. The number of aryl methyl sites for hydroxylation is 1. The van der Waals surface area contributed by atoms with Crippen LogP contribution in [0.5, 0.6) is 0 Å². The molecule has 0 amide bonds. The normalized spacial score (nSPS) is 20.0. The van der Waals surface area contributed by atoms with E-state index in [0.29, 0.717) is 6.10 Å². The molecule has 1 fully saturated rings. The molecule has 1 aliphatic rings. The summed E-state index contributed by atoms with van der Waals surface area (Å²) in [5.41, 5.74) is 1.19. The number of hydrogen-bond donors (Lipinski definition) is 1. The maximum atomic E-state index is 5.66. The minimum atomic E-state index is 0.414. The van der Waals surface area contributed by atoms with Gasteiger partial charge in [0.1, 0.15) is 0 Å². The van der Waals surface area contributed by atoms with Crippen LogP contribution in [0.15, 0.2) is 0 Å². The van der Waals surface area contributed by atoms with Crippen molar-refractivity contribution in [2.45, 2.75) is 52.2 Å². The van der Waals surface area contributed by atoms with E-state index in [0.717, 1.165) is 26.1 Å². The van der Waals surface area contributed by atoms with Gasteiger partial charge in [-0.3, -0.25) is 0 Å². The average molecular weight is 254 g/mol. The molecule has 1 aliphatic heterocycles. The summed E-state index contributed by atoms with van der Waals surface area (Å²) >= 11 is 1.84. The SMILES string of the molecule is CCCNCc1sc(CC2CCCO2)nc1C. The van der Waals surface area contributed by atoms with E-state index in [4.69, 9.17) is 4.74 Å². The van der Waals surface area contributed by atoms with E-state index < -0.39 is 0 Å². The van der Waals surface area contributed by atoms with Gasteiger partial charge in [0.05, 0.1) is 16.8 Å². The van der Waals surface area contributed by atoms with Crippen molar-refractivity contribution in [2.24, 2.45) is 0 Å². The number of nitrogens with zero attached hydrogens (tertiary/aromatic N) is 1. The molecule has 2 heterocycles. The van der Waals surface area contributed by atoms with Crippen molar-refractivity contribution < 1.29 is 4.74 Å². The third kappa shape index (κ3) is 3.76. The monoisotopic (exact) mass is 254 g/mol. The number of ether oxygens (including phenoxy) is 1. The molecule has 1 aromatic rings. The Balaban J connectivity index is 1.88. The van der Waals surface area contributed by atoms with Gasteiger partial charge in [0, 0.05) is 24.4 Å². The summed E-state index contributed by atoms with van der Waals surface area (Å²) in [6.07, 6.45) is 5.00. The first kappa shape index (κ1) is 13.0. The van der Waals surface area contributed by atoms with Crippen LogP contribution in [0.1, 0.15) is 41.8 Å². The molecule has 1 unspecified atom stereocenters. The number of aromatic nitrogens is 1. The van der Waals surface area contributed by atoms with E-state index in [1.165, 1.54) is 34.8 Å². The van der Waals surface area contributed by atoms with Gasteiger partial charge in [-0.1, -0.05) is 6.92 Å². The first-order valence-electron chi connectivity index (χ1n) is 6.57. The summed E-state index contributed by atoms with van der Waals surface area (Å²) < 4.78 is 5.66. The van der Waals surface area contributed by atoms with Crippen molar-refractivity contribution >= 4 is 11.3 Å². The molecule has 0 aliphatic carbocycles. The van der Waals surface area contributed by atoms with E-state index in [1.807, 2.05) is 11.3 Å². The molecular weight excluding hydrogens is 232 g/mol. The highest BCUT2D eigenvalue weighted by Crippen LogP contribution is 2.23. The molecule has 4 heteroatoms. The Morgan fingerprint density at radius 3 is 3.12 bits per heavy atom. The average Bonchev–Trinajstić information content (AvgIpc) is 2.91. The lowest BCUT2D eigenvalue weighted by atomic mass is 10.2. The number of nitrogens with one attached hydrogen (secondary N) is 1. The number of rotatable bonds is 6. The summed E-state index contributed by atoms with van der Waals surface area (Å²) in [6.45, 7) is 7.27. The van der Waals surface area contributed by atoms with Gasteiger partial charge < -0.3 is 10.1 Å². The Morgan fingerprint density at radius 1 is 1.53 bits per heavy atom. The van der Waals surface area contributed by atoms with Crippen LogP contribution in [0, 0.1) is 6.92 Å². The lowest BCUT2D eigenvalue weighted by Gasteiger charge is -2.05. The second-order valence-corrected chi connectivity index (χ2v) is 5.80. The standard InChI is InChI=1S/C13H22N2OS/c1-3-6-14-9-12-10(2)15-13(17-12)8-11-5-4-7-16-11/h11,14H,3-9H2,1-2H3. The van der Waals surface area contributed by atoms with Crippen LogP contribution in [0.2, 0.25) is 0 Å². The van der Waals surface area contributed by atoms with Crippen molar-refractivity contribution in [2.75, 3.05) is 13.2 Å². The van der Waals surface area contributed by atoms with Crippen LogP contribution in [0.4, 0.5) is 0 Å². The van der Waals surface area contributed by atoms with Crippen LogP contribution in [0.25, 0.3) is 0 Å². The molecular formula is C13H22N2OS.